The van der Waals surface area contributed by atoms with Crippen LogP contribution < -0.4 is 0 Å². The summed E-state index contributed by atoms with van der Waals surface area (Å²) in [4.78, 5) is 8.51. The third kappa shape index (κ3) is 3.48. The molecule has 1 aromatic heterocycles. The normalized spacial score (nSPS) is 21.1. The van der Waals surface area contributed by atoms with Gasteiger partial charge >= 0.3 is 6.18 Å². The molecular formula is C13H14F4N2OS. The number of oxime groups is 1. The molecule has 0 saturated carbocycles. The molecule has 0 radical (unpaired) electrons. The second-order valence-corrected chi connectivity index (χ2v) is 6.21. The predicted molar refractivity (Wildman–Crippen MR) is 72.8 cm³/mol. The predicted octanol–water partition coefficient (Wildman–Crippen LogP) is 4.10. The fraction of sp³-hybridized carbons (Fsp3) is 0.538. The molecule has 2 heterocycles. The molecule has 0 aromatic carbocycles. The lowest BCUT2D eigenvalue weighted by molar-refractivity contribution is -0.141. The van der Waals surface area contributed by atoms with Crippen LogP contribution in [0.5, 0.6) is 0 Å². The molecule has 0 N–H and O–H groups in total. The SMILES string of the molecule is Cc1nc(C(F)(F)F)ccc1CSC1=NOC(C)(C)C1F. The van der Waals surface area contributed by atoms with E-state index in [0.29, 0.717) is 5.56 Å². The van der Waals surface area contributed by atoms with Crippen molar-refractivity contribution >= 4 is 16.8 Å². The van der Waals surface area contributed by atoms with Crippen LogP contribution in [0.2, 0.25) is 0 Å². The topological polar surface area (TPSA) is 34.5 Å². The first-order valence-corrected chi connectivity index (χ1v) is 7.16. The maximum Gasteiger partial charge on any atom is 0.433 e. The highest BCUT2D eigenvalue weighted by Crippen LogP contribution is 2.33. The largest absolute Gasteiger partial charge is 0.433 e. The van der Waals surface area contributed by atoms with Crippen LogP contribution in [-0.2, 0) is 16.8 Å². The van der Waals surface area contributed by atoms with Crippen LogP contribution in [-0.4, -0.2) is 21.8 Å². The van der Waals surface area contributed by atoms with Gasteiger partial charge in [0.2, 0.25) is 0 Å². The van der Waals surface area contributed by atoms with Crippen molar-refractivity contribution in [1.82, 2.24) is 4.98 Å². The van der Waals surface area contributed by atoms with Gasteiger partial charge in [-0.15, -0.1) is 0 Å². The molecule has 21 heavy (non-hydrogen) atoms. The Bertz CT molecular complexity index is 572. The van der Waals surface area contributed by atoms with Crippen molar-refractivity contribution in [2.24, 2.45) is 5.16 Å². The second kappa shape index (κ2) is 5.47. The summed E-state index contributed by atoms with van der Waals surface area (Å²) in [5, 5.41) is 3.87. The van der Waals surface area contributed by atoms with Crippen LogP contribution in [0.4, 0.5) is 17.6 Å². The minimum Gasteiger partial charge on any atom is -0.385 e. The lowest BCUT2D eigenvalue weighted by Crippen LogP contribution is -2.33. The number of rotatable bonds is 2. The van der Waals surface area contributed by atoms with Crippen LogP contribution in [0.15, 0.2) is 17.3 Å². The first-order valence-electron chi connectivity index (χ1n) is 6.18. The smallest absolute Gasteiger partial charge is 0.385 e. The van der Waals surface area contributed by atoms with Gasteiger partial charge < -0.3 is 4.84 Å². The molecule has 8 heteroatoms. The Morgan fingerprint density at radius 3 is 2.48 bits per heavy atom. The van der Waals surface area contributed by atoms with E-state index >= 15 is 0 Å². The highest BCUT2D eigenvalue weighted by Gasteiger charge is 2.42. The third-order valence-corrected chi connectivity index (χ3v) is 4.09. The fourth-order valence-corrected chi connectivity index (χ4v) is 2.83. The van der Waals surface area contributed by atoms with Gasteiger partial charge in [-0.05, 0) is 32.4 Å². The molecule has 1 aliphatic heterocycles. The molecule has 0 amide bonds. The van der Waals surface area contributed by atoms with Crippen molar-refractivity contribution in [2.75, 3.05) is 0 Å². The molecule has 0 spiro atoms. The average molecular weight is 322 g/mol. The lowest BCUT2D eigenvalue weighted by atomic mass is 10.1. The van der Waals surface area contributed by atoms with Crippen molar-refractivity contribution in [2.45, 2.75) is 44.5 Å². The van der Waals surface area contributed by atoms with Gasteiger partial charge in [0.25, 0.3) is 0 Å². The summed E-state index contributed by atoms with van der Waals surface area (Å²) in [5.74, 6) is 0.287. The average Bonchev–Trinajstić information content (AvgIpc) is 2.62. The van der Waals surface area contributed by atoms with E-state index in [-0.39, 0.29) is 16.5 Å². The minimum absolute atomic E-state index is 0.194. The van der Waals surface area contributed by atoms with Crippen molar-refractivity contribution in [3.05, 3.63) is 29.1 Å². The Morgan fingerprint density at radius 2 is 2.00 bits per heavy atom. The van der Waals surface area contributed by atoms with Gasteiger partial charge in [0.1, 0.15) is 5.69 Å². The number of pyridine rings is 1. The van der Waals surface area contributed by atoms with Crippen molar-refractivity contribution in [3.63, 3.8) is 0 Å². The zero-order valence-corrected chi connectivity index (χ0v) is 12.5. The quantitative estimate of drug-likeness (QED) is 0.769. The molecular weight excluding hydrogens is 308 g/mol. The summed E-state index contributed by atoms with van der Waals surface area (Å²) in [6.07, 6.45) is -5.81. The molecule has 2 rings (SSSR count). The Labute approximate surface area is 123 Å². The van der Waals surface area contributed by atoms with Crippen molar-refractivity contribution < 1.29 is 22.4 Å². The highest BCUT2D eigenvalue weighted by molar-refractivity contribution is 8.13. The molecule has 0 fully saturated rings. The van der Waals surface area contributed by atoms with Crippen molar-refractivity contribution in [3.8, 4) is 0 Å². The summed E-state index contributed by atoms with van der Waals surface area (Å²) >= 11 is 1.10. The molecule has 0 bridgehead atoms. The van der Waals surface area contributed by atoms with Crippen LogP contribution in [0.1, 0.15) is 30.8 Å². The van der Waals surface area contributed by atoms with Crippen LogP contribution in [0.3, 0.4) is 0 Å². The fourth-order valence-electron chi connectivity index (χ4n) is 1.70. The zero-order valence-electron chi connectivity index (χ0n) is 11.7. The Morgan fingerprint density at radius 1 is 1.33 bits per heavy atom. The molecule has 0 aliphatic carbocycles. The third-order valence-electron chi connectivity index (χ3n) is 3.06. The standard InChI is InChI=1S/C13H14F4N2OS/c1-7-8(4-5-9(18-7)13(15,16)17)6-21-11-10(14)12(2,3)20-19-11/h4-5,10H,6H2,1-3H3. The summed E-state index contributed by atoms with van der Waals surface area (Å²) in [7, 11) is 0. The molecule has 1 unspecified atom stereocenters. The highest BCUT2D eigenvalue weighted by atomic mass is 32.2. The second-order valence-electron chi connectivity index (χ2n) is 5.21. The molecule has 3 nitrogen and oxygen atoms in total. The molecule has 116 valence electrons. The molecule has 1 aliphatic rings. The van der Waals surface area contributed by atoms with E-state index < -0.39 is 23.6 Å². The molecule has 0 saturated heterocycles. The first kappa shape index (κ1) is 16.1. The summed E-state index contributed by atoms with van der Waals surface area (Å²) < 4.78 is 51.5. The lowest BCUT2D eigenvalue weighted by Gasteiger charge is -2.17. The van der Waals surface area contributed by atoms with E-state index in [4.69, 9.17) is 4.84 Å². The van der Waals surface area contributed by atoms with Crippen LogP contribution in [0, 0.1) is 6.92 Å². The maximum atomic E-state index is 13.9. The zero-order chi connectivity index (χ0) is 15.8. The van der Waals surface area contributed by atoms with E-state index in [1.54, 1.807) is 13.8 Å². The number of aryl methyl sites for hydroxylation is 1. The number of alkyl halides is 4. The summed E-state index contributed by atoms with van der Waals surface area (Å²) in [5.41, 5.74) is -1.06. The monoisotopic (exact) mass is 322 g/mol. The van der Waals surface area contributed by atoms with Gasteiger partial charge in [0, 0.05) is 11.4 Å². The number of hydrogen-bond donors (Lipinski definition) is 0. The van der Waals surface area contributed by atoms with Crippen LogP contribution in [0.25, 0.3) is 0 Å². The maximum absolute atomic E-state index is 13.9. The van der Waals surface area contributed by atoms with Gasteiger partial charge in [0.05, 0.1) is 0 Å². The van der Waals surface area contributed by atoms with E-state index in [9.17, 15) is 17.6 Å². The summed E-state index contributed by atoms with van der Waals surface area (Å²) in [6.45, 7) is 4.66. The number of hydrogen-bond acceptors (Lipinski definition) is 4. The summed E-state index contributed by atoms with van der Waals surface area (Å²) in [6, 6.07) is 2.28. The first-order chi connectivity index (χ1) is 9.61. The van der Waals surface area contributed by atoms with Gasteiger partial charge in [-0.3, -0.25) is 0 Å². The number of aromatic nitrogens is 1. The van der Waals surface area contributed by atoms with Gasteiger partial charge in [-0.1, -0.05) is 23.0 Å². The van der Waals surface area contributed by atoms with E-state index in [0.717, 1.165) is 17.8 Å². The van der Waals surface area contributed by atoms with E-state index in [2.05, 4.69) is 10.1 Å². The number of halogens is 4. The van der Waals surface area contributed by atoms with E-state index in [1.807, 2.05) is 0 Å². The number of thioether (sulfide) groups is 1. The Balaban J connectivity index is 2.05. The Hall–Kier alpha value is -1.31. The minimum atomic E-state index is -4.46. The van der Waals surface area contributed by atoms with Crippen LogP contribution >= 0.6 is 11.8 Å². The molecule has 1 atom stereocenters. The number of nitrogens with zero attached hydrogens (tertiary/aromatic N) is 2. The van der Waals surface area contributed by atoms with Crippen molar-refractivity contribution in [1.29, 1.82) is 0 Å². The Kier molecular flexibility index (Phi) is 4.19. The van der Waals surface area contributed by atoms with E-state index in [1.165, 1.54) is 13.0 Å². The van der Waals surface area contributed by atoms with Gasteiger partial charge in [-0.25, -0.2) is 9.37 Å². The molecule has 1 aromatic rings. The van der Waals surface area contributed by atoms with Gasteiger partial charge in [-0.2, -0.15) is 13.2 Å². The van der Waals surface area contributed by atoms with Gasteiger partial charge in [0.15, 0.2) is 16.8 Å².